The second-order valence-electron chi connectivity index (χ2n) is 15.7. The van der Waals surface area contributed by atoms with Crippen LogP contribution in [0, 0.1) is 0 Å². The van der Waals surface area contributed by atoms with Gasteiger partial charge in [-0.25, -0.2) is 0 Å². The summed E-state index contributed by atoms with van der Waals surface area (Å²) in [5.74, 6) is 0. The molecule has 0 bridgehead atoms. The number of benzene rings is 10. The van der Waals surface area contributed by atoms with Crippen molar-refractivity contribution in [3.63, 3.8) is 0 Å². The van der Waals surface area contributed by atoms with Gasteiger partial charge in [0, 0.05) is 59.1 Å². The van der Waals surface area contributed by atoms with E-state index in [4.69, 9.17) is 0 Å². The maximum absolute atomic E-state index is 2.44. The third-order valence-electron chi connectivity index (χ3n) is 12.2. The van der Waals surface area contributed by atoms with Crippen LogP contribution in [-0.2, 0) is 0 Å². The lowest BCUT2D eigenvalue weighted by Crippen LogP contribution is -2.09. The Balaban J connectivity index is 0.930. The summed E-state index contributed by atoms with van der Waals surface area (Å²) >= 11 is 1.90. The van der Waals surface area contributed by atoms with Crippen molar-refractivity contribution in [2.45, 2.75) is 0 Å². The lowest BCUT2D eigenvalue weighted by atomic mass is 9.97. The monoisotopic (exact) mass is 794 g/mol. The fourth-order valence-electron chi connectivity index (χ4n) is 9.19. The largest absolute Gasteiger partial charge is 0.311 e. The molecular weight excluding hydrogens is 757 g/mol. The summed E-state index contributed by atoms with van der Waals surface area (Å²) in [5.41, 5.74) is 14.1. The van der Waals surface area contributed by atoms with Gasteiger partial charge in [0.05, 0.1) is 11.0 Å². The fraction of sp³-hybridized carbons (Fsp3) is 0. The molecule has 2 aromatic heterocycles. The lowest BCUT2D eigenvalue weighted by Gasteiger charge is -2.26. The minimum atomic E-state index is 1.11. The van der Waals surface area contributed by atoms with E-state index in [9.17, 15) is 0 Å². The average Bonchev–Trinajstić information content (AvgIpc) is 3.88. The summed E-state index contributed by atoms with van der Waals surface area (Å²) in [5, 5.41) is 7.74. The Hall–Kier alpha value is -7.72. The minimum Gasteiger partial charge on any atom is -0.311 e. The van der Waals surface area contributed by atoms with Crippen LogP contribution in [0.25, 0.3) is 91.8 Å². The summed E-state index contributed by atoms with van der Waals surface area (Å²) in [6.07, 6.45) is 0. The van der Waals surface area contributed by atoms with Crippen molar-refractivity contribution in [2.75, 3.05) is 4.90 Å². The number of para-hydroxylation sites is 2. The van der Waals surface area contributed by atoms with E-state index < -0.39 is 0 Å². The van der Waals surface area contributed by atoms with Crippen molar-refractivity contribution in [1.82, 2.24) is 4.57 Å². The van der Waals surface area contributed by atoms with Crippen LogP contribution >= 0.6 is 11.3 Å². The SMILES string of the molecule is c1ccc(-c2ccc(N(c3ccccc3)c3ccc(-c4cccc(-c5ccc6c(c5)c5cc7ccc8c9ccccc9sc8c7cc5n6-c5ccccc5)c4)cc3)cc2)cc1. The summed E-state index contributed by atoms with van der Waals surface area (Å²) in [7, 11) is 0. The van der Waals surface area contributed by atoms with Crippen LogP contribution in [0.2, 0.25) is 0 Å². The molecule has 0 amide bonds. The van der Waals surface area contributed by atoms with E-state index in [0.29, 0.717) is 0 Å². The molecule has 0 aliphatic rings. The second kappa shape index (κ2) is 14.5. The van der Waals surface area contributed by atoms with Crippen molar-refractivity contribution >= 4 is 81.1 Å². The molecule has 61 heavy (non-hydrogen) atoms. The molecule has 12 rings (SSSR count). The van der Waals surface area contributed by atoms with Gasteiger partial charge in [-0.1, -0.05) is 146 Å². The van der Waals surface area contributed by atoms with Gasteiger partial charge in [-0.15, -0.1) is 11.3 Å². The third kappa shape index (κ3) is 6.09. The van der Waals surface area contributed by atoms with Gasteiger partial charge in [0.25, 0.3) is 0 Å². The Morgan fingerprint density at radius 2 is 0.852 bits per heavy atom. The van der Waals surface area contributed by atoms with Gasteiger partial charge in [0.2, 0.25) is 0 Å². The molecule has 0 saturated carbocycles. The van der Waals surface area contributed by atoms with Crippen LogP contribution < -0.4 is 4.90 Å². The predicted octanol–water partition coefficient (Wildman–Crippen LogP) is 16.8. The zero-order valence-electron chi connectivity index (χ0n) is 33.2. The molecule has 2 heterocycles. The number of thiophene rings is 1. The van der Waals surface area contributed by atoms with Gasteiger partial charge < -0.3 is 9.47 Å². The average molecular weight is 795 g/mol. The Bertz CT molecular complexity index is 3550. The van der Waals surface area contributed by atoms with Crippen LogP contribution in [-0.4, -0.2) is 4.57 Å². The Morgan fingerprint density at radius 1 is 0.311 bits per heavy atom. The smallest absolute Gasteiger partial charge is 0.0547 e. The molecule has 0 aliphatic heterocycles. The molecule has 0 spiro atoms. The van der Waals surface area contributed by atoms with Crippen LogP contribution in [0.3, 0.4) is 0 Å². The van der Waals surface area contributed by atoms with Crippen molar-refractivity contribution < 1.29 is 0 Å². The summed E-state index contributed by atoms with van der Waals surface area (Å²) in [4.78, 5) is 2.32. The molecule has 0 saturated heterocycles. The van der Waals surface area contributed by atoms with E-state index in [1.54, 1.807) is 0 Å². The van der Waals surface area contributed by atoms with E-state index in [0.717, 1.165) is 17.1 Å². The molecule has 0 atom stereocenters. The van der Waals surface area contributed by atoms with E-state index in [1.165, 1.54) is 91.8 Å². The highest BCUT2D eigenvalue weighted by molar-refractivity contribution is 7.26. The molecule has 10 aromatic carbocycles. The highest BCUT2D eigenvalue weighted by Gasteiger charge is 2.18. The van der Waals surface area contributed by atoms with Gasteiger partial charge in [-0.2, -0.15) is 0 Å². The molecule has 0 fully saturated rings. The van der Waals surface area contributed by atoms with Gasteiger partial charge in [0.1, 0.15) is 0 Å². The zero-order valence-corrected chi connectivity index (χ0v) is 34.1. The molecule has 0 aliphatic carbocycles. The third-order valence-corrected chi connectivity index (χ3v) is 13.4. The molecule has 0 N–H and O–H groups in total. The second-order valence-corrected chi connectivity index (χ2v) is 16.8. The number of rotatable bonds is 7. The van der Waals surface area contributed by atoms with Crippen molar-refractivity contribution in [1.29, 1.82) is 0 Å². The minimum absolute atomic E-state index is 1.11. The standard InChI is InChI=1S/C58H38N2S/c1-4-13-39(14-5-1)40-23-29-48(30-24-40)59(46-17-6-2-7-18-46)49-31-25-41(26-32-49)42-15-12-16-43(35-42)44-28-34-55-53(36-44)54-37-45-27-33-51-50-21-10-11-22-57(50)61-58(51)52(45)38-56(54)60(55)47-19-8-3-9-20-47/h1-38H. The van der Waals surface area contributed by atoms with Gasteiger partial charge in [-0.3, -0.25) is 0 Å². The highest BCUT2D eigenvalue weighted by atomic mass is 32.1. The van der Waals surface area contributed by atoms with Crippen molar-refractivity contribution in [3.8, 4) is 39.1 Å². The maximum atomic E-state index is 2.44. The van der Waals surface area contributed by atoms with Crippen molar-refractivity contribution in [3.05, 3.63) is 231 Å². The van der Waals surface area contributed by atoms with Crippen molar-refractivity contribution in [2.24, 2.45) is 0 Å². The Morgan fingerprint density at radius 3 is 1.59 bits per heavy atom. The summed E-state index contributed by atoms with van der Waals surface area (Å²) < 4.78 is 5.12. The van der Waals surface area contributed by atoms with E-state index in [-0.39, 0.29) is 0 Å². The van der Waals surface area contributed by atoms with Crippen LogP contribution in [0.5, 0.6) is 0 Å². The molecule has 0 unspecified atom stereocenters. The Labute approximate surface area is 358 Å². The van der Waals surface area contributed by atoms with E-state index >= 15 is 0 Å². The molecule has 286 valence electrons. The number of aromatic nitrogens is 1. The molecule has 12 aromatic rings. The lowest BCUT2D eigenvalue weighted by molar-refractivity contribution is 1.18. The first-order chi connectivity index (χ1) is 30.2. The van der Waals surface area contributed by atoms with Crippen LogP contribution in [0.15, 0.2) is 231 Å². The first-order valence-electron chi connectivity index (χ1n) is 20.8. The zero-order chi connectivity index (χ0) is 40.3. The molecule has 2 nitrogen and oxygen atoms in total. The first kappa shape index (κ1) is 35.2. The Kier molecular flexibility index (Phi) is 8.39. The fourth-order valence-corrected chi connectivity index (χ4v) is 10.4. The molecule has 3 heteroatoms. The van der Waals surface area contributed by atoms with E-state index in [2.05, 4.69) is 240 Å². The quantitative estimate of drug-likeness (QED) is 0.156. The van der Waals surface area contributed by atoms with E-state index in [1.807, 2.05) is 11.3 Å². The van der Waals surface area contributed by atoms with Crippen LogP contribution in [0.4, 0.5) is 17.1 Å². The summed E-state index contributed by atoms with van der Waals surface area (Å²) in [6.45, 7) is 0. The van der Waals surface area contributed by atoms with Gasteiger partial charge >= 0.3 is 0 Å². The number of fused-ring (bicyclic) bond motifs is 8. The normalized spacial score (nSPS) is 11.6. The number of hydrogen-bond acceptors (Lipinski definition) is 2. The topological polar surface area (TPSA) is 8.17 Å². The highest BCUT2D eigenvalue weighted by Crippen LogP contribution is 2.43. The van der Waals surface area contributed by atoms with Gasteiger partial charge in [-0.05, 0) is 124 Å². The first-order valence-corrected chi connectivity index (χ1v) is 21.6. The van der Waals surface area contributed by atoms with Gasteiger partial charge in [0.15, 0.2) is 0 Å². The molecular formula is C58H38N2S. The summed E-state index contributed by atoms with van der Waals surface area (Å²) in [6, 6.07) is 84.0. The predicted molar refractivity (Wildman–Crippen MR) is 262 cm³/mol. The van der Waals surface area contributed by atoms with Crippen LogP contribution in [0.1, 0.15) is 0 Å². The number of hydrogen-bond donors (Lipinski definition) is 0. The number of nitrogens with zero attached hydrogens (tertiary/aromatic N) is 2. The molecule has 0 radical (unpaired) electrons. The maximum Gasteiger partial charge on any atom is 0.0547 e. The number of anilines is 3.